The van der Waals surface area contributed by atoms with Gasteiger partial charge in [0.15, 0.2) is 0 Å². The average molecular weight is 400 g/mol. The van der Waals surface area contributed by atoms with Crippen LogP contribution in [0.2, 0.25) is 0 Å². The number of hydrogen-bond acceptors (Lipinski definition) is 4. The van der Waals surface area contributed by atoms with Crippen LogP contribution >= 0.6 is 0 Å². The summed E-state index contributed by atoms with van der Waals surface area (Å²) in [5.41, 5.74) is 2.48. The van der Waals surface area contributed by atoms with Crippen molar-refractivity contribution in [3.63, 3.8) is 0 Å². The van der Waals surface area contributed by atoms with Gasteiger partial charge in [0.25, 0.3) is 0 Å². The summed E-state index contributed by atoms with van der Waals surface area (Å²) in [5, 5.41) is 0. The highest BCUT2D eigenvalue weighted by atomic mass is 32.2. The number of fused-ring (bicyclic) bond motifs is 1. The van der Waals surface area contributed by atoms with E-state index in [1.807, 2.05) is 60.7 Å². The molecule has 0 amide bonds. The summed E-state index contributed by atoms with van der Waals surface area (Å²) in [5.74, 6) is -0.362. The molecule has 28 heavy (non-hydrogen) atoms. The standard InChI is InChI=1S/C22H25NO4S/c1-22(2,3)21(24)27-15-20-18-13-9-8-12-17(18)19(23(20)28(4,25)26)14-16-10-6-5-7-11-16/h5-14,20H,15H2,1-4H3/b19-14+. The van der Waals surface area contributed by atoms with Gasteiger partial charge >= 0.3 is 5.97 Å². The number of nitrogens with zero attached hydrogens (tertiary/aromatic N) is 1. The second kappa shape index (κ2) is 7.43. The Balaban J connectivity index is 2.07. The highest BCUT2D eigenvalue weighted by molar-refractivity contribution is 7.88. The summed E-state index contributed by atoms with van der Waals surface area (Å²) < 4.78 is 32.3. The van der Waals surface area contributed by atoms with Gasteiger partial charge < -0.3 is 4.74 Å². The zero-order chi connectivity index (χ0) is 20.5. The topological polar surface area (TPSA) is 63.7 Å². The zero-order valence-corrected chi connectivity index (χ0v) is 17.4. The number of carbonyl (C=O) groups is 1. The largest absolute Gasteiger partial charge is 0.463 e. The van der Waals surface area contributed by atoms with Crippen LogP contribution in [0, 0.1) is 5.41 Å². The SMILES string of the molecule is CC(C)(C)C(=O)OCC1c2ccccc2/C(=C\c2ccccc2)N1S(C)(=O)=O. The van der Waals surface area contributed by atoms with Gasteiger partial charge in [0.05, 0.1) is 17.4 Å². The second-order valence-corrected chi connectivity index (χ2v) is 9.81. The van der Waals surface area contributed by atoms with E-state index in [1.165, 1.54) is 10.6 Å². The Hall–Kier alpha value is -2.60. The smallest absolute Gasteiger partial charge is 0.311 e. The molecule has 2 aromatic rings. The number of rotatable bonds is 4. The summed E-state index contributed by atoms with van der Waals surface area (Å²) >= 11 is 0. The maximum Gasteiger partial charge on any atom is 0.311 e. The molecule has 0 bridgehead atoms. The molecule has 0 saturated heterocycles. The van der Waals surface area contributed by atoms with Gasteiger partial charge in [0.2, 0.25) is 10.0 Å². The number of sulfonamides is 1. The quantitative estimate of drug-likeness (QED) is 0.727. The minimum Gasteiger partial charge on any atom is -0.463 e. The number of hydrogen-bond donors (Lipinski definition) is 0. The van der Waals surface area contributed by atoms with Gasteiger partial charge in [-0.15, -0.1) is 0 Å². The molecule has 5 nitrogen and oxygen atoms in total. The van der Waals surface area contributed by atoms with Gasteiger partial charge in [-0.25, -0.2) is 8.42 Å². The molecule has 0 spiro atoms. The van der Waals surface area contributed by atoms with Gasteiger partial charge in [-0.05, 0) is 38.0 Å². The minimum atomic E-state index is -3.60. The fraction of sp³-hybridized carbons (Fsp3) is 0.318. The second-order valence-electron chi connectivity index (χ2n) is 7.95. The summed E-state index contributed by atoms with van der Waals surface area (Å²) in [6.07, 6.45) is 3.03. The van der Waals surface area contributed by atoms with Crippen LogP contribution in [0.1, 0.15) is 43.5 Å². The fourth-order valence-corrected chi connectivity index (χ4v) is 4.37. The molecule has 6 heteroatoms. The van der Waals surface area contributed by atoms with Crippen molar-refractivity contribution in [3.05, 3.63) is 71.3 Å². The van der Waals surface area contributed by atoms with E-state index < -0.39 is 21.5 Å². The van der Waals surface area contributed by atoms with Gasteiger partial charge in [0, 0.05) is 5.56 Å². The summed E-state index contributed by atoms with van der Waals surface area (Å²) in [6.45, 7) is 5.28. The molecule has 148 valence electrons. The molecule has 1 aliphatic rings. The third kappa shape index (κ3) is 4.12. The van der Waals surface area contributed by atoms with Crippen LogP contribution in [0.5, 0.6) is 0 Å². The van der Waals surface area contributed by atoms with Gasteiger partial charge in [-0.1, -0.05) is 54.6 Å². The molecule has 3 rings (SSSR count). The molecule has 1 aliphatic heterocycles. The summed E-state index contributed by atoms with van der Waals surface area (Å²) in [6, 6.07) is 16.5. The molecule has 0 N–H and O–H groups in total. The van der Waals surface area contributed by atoms with Crippen molar-refractivity contribution in [1.82, 2.24) is 4.31 Å². The monoisotopic (exact) mass is 399 g/mol. The first kappa shape index (κ1) is 20.1. The van der Waals surface area contributed by atoms with Crippen molar-refractivity contribution in [2.24, 2.45) is 5.41 Å². The summed E-state index contributed by atoms with van der Waals surface area (Å²) in [4.78, 5) is 12.3. The van der Waals surface area contributed by atoms with Crippen LogP contribution in [0.3, 0.4) is 0 Å². The molecular weight excluding hydrogens is 374 g/mol. The molecule has 0 fully saturated rings. The lowest BCUT2D eigenvalue weighted by molar-refractivity contribution is -0.154. The maximum absolute atomic E-state index is 12.7. The first-order valence-electron chi connectivity index (χ1n) is 9.12. The van der Waals surface area contributed by atoms with Crippen molar-refractivity contribution >= 4 is 27.8 Å². The molecule has 0 aromatic heterocycles. The van der Waals surface area contributed by atoms with E-state index in [9.17, 15) is 13.2 Å². The van der Waals surface area contributed by atoms with E-state index in [1.54, 1.807) is 20.8 Å². The van der Waals surface area contributed by atoms with E-state index in [2.05, 4.69) is 0 Å². The number of ether oxygens (including phenoxy) is 1. The lowest BCUT2D eigenvalue weighted by Gasteiger charge is -2.27. The van der Waals surface area contributed by atoms with Crippen molar-refractivity contribution in [2.75, 3.05) is 12.9 Å². The predicted octanol–water partition coefficient (Wildman–Crippen LogP) is 4.09. The Labute approximate surface area is 166 Å². The van der Waals surface area contributed by atoms with Gasteiger partial charge in [-0.3, -0.25) is 9.10 Å². The van der Waals surface area contributed by atoms with Crippen LogP contribution in [0.15, 0.2) is 54.6 Å². The molecule has 2 aromatic carbocycles. The van der Waals surface area contributed by atoms with Crippen LogP contribution in [-0.2, 0) is 19.6 Å². The third-order valence-electron chi connectivity index (χ3n) is 4.56. The van der Waals surface area contributed by atoms with E-state index in [4.69, 9.17) is 4.74 Å². The van der Waals surface area contributed by atoms with E-state index in [0.29, 0.717) is 5.70 Å². The first-order valence-corrected chi connectivity index (χ1v) is 11.0. The van der Waals surface area contributed by atoms with Crippen molar-refractivity contribution in [3.8, 4) is 0 Å². The minimum absolute atomic E-state index is 0.0354. The van der Waals surface area contributed by atoms with Crippen LogP contribution < -0.4 is 0 Å². The molecular formula is C22H25NO4S. The van der Waals surface area contributed by atoms with Gasteiger partial charge in [0.1, 0.15) is 12.6 Å². The Morgan fingerprint density at radius 1 is 1.07 bits per heavy atom. The molecule has 1 unspecified atom stereocenters. The highest BCUT2D eigenvalue weighted by Crippen LogP contribution is 2.44. The summed E-state index contributed by atoms with van der Waals surface area (Å²) in [7, 11) is -3.60. The molecule has 1 atom stereocenters. The third-order valence-corrected chi connectivity index (χ3v) is 5.73. The Morgan fingerprint density at radius 2 is 1.68 bits per heavy atom. The Morgan fingerprint density at radius 3 is 2.29 bits per heavy atom. The number of benzene rings is 2. The average Bonchev–Trinajstić information content (AvgIpc) is 2.93. The normalized spacial score (nSPS) is 18.2. The molecule has 0 saturated carbocycles. The lowest BCUT2D eigenvalue weighted by Crippen LogP contribution is -2.33. The zero-order valence-electron chi connectivity index (χ0n) is 16.5. The van der Waals surface area contributed by atoms with Crippen LogP contribution in [0.4, 0.5) is 0 Å². The van der Waals surface area contributed by atoms with Crippen molar-refractivity contribution < 1.29 is 17.9 Å². The Bertz CT molecular complexity index is 1000. The first-order chi connectivity index (χ1) is 13.1. The molecule has 1 heterocycles. The Kier molecular flexibility index (Phi) is 5.35. The lowest BCUT2D eigenvalue weighted by atomic mass is 9.97. The highest BCUT2D eigenvalue weighted by Gasteiger charge is 2.40. The maximum atomic E-state index is 12.7. The van der Waals surface area contributed by atoms with Crippen LogP contribution in [0.25, 0.3) is 11.8 Å². The fourth-order valence-electron chi connectivity index (χ4n) is 3.22. The van der Waals surface area contributed by atoms with Crippen molar-refractivity contribution in [1.29, 1.82) is 0 Å². The van der Waals surface area contributed by atoms with E-state index in [-0.39, 0.29) is 12.6 Å². The molecule has 0 aliphatic carbocycles. The van der Waals surface area contributed by atoms with E-state index in [0.717, 1.165) is 16.7 Å². The number of esters is 1. The predicted molar refractivity (Wildman–Crippen MR) is 111 cm³/mol. The number of carbonyl (C=O) groups excluding carboxylic acids is 1. The van der Waals surface area contributed by atoms with Crippen molar-refractivity contribution in [2.45, 2.75) is 26.8 Å². The van der Waals surface area contributed by atoms with E-state index >= 15 is 0 Å². The van der Waals surface area contributed by atoms with Crippen LogP contribution in [-0.4, -0.2) is 31.6 Å². The van der Waals surface area contributed by atoms with Gasteiger partial charge in [-0.2, -0.15) is 0 Å². The molecule has 0 radical (unpaired) electrons.